The molecule has 0 aliphatic heterocycles. The maximum atomic E-state index is 5.42. The van der Waals surface area contributed by atoms with Crippen LogP contribution in [-0.2, 0) is 6.54 Å². The first-order valence-electron chi connectivity index (χ1n) is 7.75. The van der Waals surface area contributed by atoms with E-state index < -0.39 is 0 Å². The van der Waals surface area contributed by atoms with Gasteiger partial charge in [-0.1, -0.05) is 30.3 Å². The van der Waals surface area contributed by atoms with Crippen molar-refractivity contribution in [2.45, 2.75) is 38.4 Å². The highest BCUT2D eigenvalue weighted by Crippen LogP contribution is 2.25. The summed E-state index contributed by atoms with van der Waals surface area (Å²) in [6, 6.07) is 14.0. The van der Waals surface area contributed by atoms with Gasteiger partial charge < -0.3 is 9.73 Å². The van der Waals surface area contributed by atoms with E-state index in [0.717, 1.165) is 24.9 Å². The molecule has 1 aliphatic carbocycles. The molecule has 0 bridgehead atoms. The molecule has 1 aromatic carbocycles. The lowest BCUT2D eigenvalue weighted by Gasteiger charge is -2.29. The summed E-state index contributed by atoms with van der Waals surface area (Å²) in [4.78, 5) is 2.41. The molecule has 0 spiro atoms. The smallest absolute Gasteiger partial charge is 0.105 e. The van der Waals surface area contributed by atoms with E-state index in [4.69, 9.17) is 4.42 Å². The van der Waals surface area contributed by atoms with E-state index >= 15 is 0 Å². The Kier molecular flexibility index (Phi) is 4.42. The van der Waals surface area contributed by atoms with Crippen LogP contribution in [0, 0.1) is 6.92 Å². The van der Waals surface area contributed by atoms with Crippen molar-refractivity contribution in [3.05, 3.63) is 59.5 Å². The summed E-state index contributed by atoms with van der Waals surface area (Å²) >= 11 is 0. The molecule has 21 heavy (non-hydrogen) atoms. The van der Waals surface area contributed by atoms with Crippen LogP contribution in [0.25, 0.3) is 0 Å². The summed E-state index contributed by atoms with van der Waals surface area (Å²) in [5.41, 5.74) is 2.64. The first-order valence-corrected chi connectivity index (χ1v) is 7.75. The fraction of sp³-hybridized carbons (Fsp3) is 0.444. The first kappa shape index (κ1) is 14.4. The van der Waals surface area contributed by atoms with Crippen molar-refractivity contribution in [2.24, 2.45) is 0 Å². The monoisotopic (exact) mass is 284 g/mol. The van der Waals surface area contributed by atoms with Crippen molar-refractivity contribution in [2.75, 3.05) is 13.6 Å². The van der Waals surface area contributed by atoms with Gasteiger partial charge in [0.2, 0.25) is 0 Å². The van der Waals surface area contributed by atoms with Crippen LogP contribution in [0.15, 0.2) is 47.1 Å². The zero-order valence-corrected chi connectivity index (χ0v) is 12.9. The lowest BCUT2D eigenvalue weighted by atomic mass is 10.0. The van der Waals surface area contributed by atoms with Gasteiger partial charge in [0.1, 0.15) is 5.76 Å². The number of nitrogens with one attached hydrogen (secondary N) is 1. The van der Waals surface area contributed by atoms with E-state index in [2.05, 4.69) is 53.7 Å². The quantitative estimate of drug-likeness (QED) is 0.843. The van der Waals surface area contributed by atoms with Gasteiger partial charge in [-0.25, -0.2) is 0 Å². The molecule has 3 heteroatoms. The van der Waals surface area contributed by atoms with Gasteiger partial charge in [0.05, 0.1) is 6.26 Å². The van der Waals surface area contributed by atoms with Crippen LogP contribution in [0.2, 0.25) is 0 Å². The van der Waals surface area contributed by atoms with Crippen molar-refractivity contribution in [1.29, 1.82) is 0 Å². The van der Waals surface area contributed by atoms with E-state index in [-0.39, 0.29) is 0 Å². The zero-order chi connectivity index (χ0) is 14.7. The van der Waals surface area contributed by atoms with Crippen LogP contribution in [0.3, 0.4) is 0 Å². The zero-order valence-electron chi connectivity index (χ0n) is 12.9. The van der Waals surface area contributed by atoms with Crippen molar-refractivity contribution >= 4 is 0 Å². The number of hydrogen-bond acceptors (Lipinski definition) is 3. The molecule has 0 amide bonds. The van der Waals surface area contributed by atoms with Gasteiger partial charge in [0.15, 0.2) is 0 Å². The second-order valence-corrected chi connectivity index (χ2v) is 6.03. The largest absolute Gasteiger partial charge is 0.469 e. The molecule has 0 saturated heterocycles. The van der Waals surface area contributed by atoms with Crippen LogP contribution in [0.1, 0.15) is 35.8 Å². The number of nitrogens with zero attached hydrogens (tertiary/aromatic N) is 1. The average molecular weight is 284 g/mol. The van der Waals surface area contributed by atoms with E-state index in [0.29, 0.717) is 6.04 Å². The third-order valence-electron chi connectivity index (χ3n) is 4.28. The minimum Gasteiger partial charge on any atom is -0.469 e. The minimum atomic E-state index is 0.390. The lowest BCUT2D eigenvalue weighted by molar-refractivity contribution is 0.228. The molecule has 1 unspecified atom stereocenters. The normalized spacial score (nSPS) is 16.3. The van der Waals surface area contributed by atoms with E-state index in [1.54, 1.807) is 6.26 Å². The van der Waals surface area contributed by atoms with Gasteiger partial charge in [-0.2, -0.15) is 0 Å². The van der Waals surface area contributed by atoms with Crippen molar-refractivity contribution in [1.82, 2.24) is 10.2 Å². The Morgan fingerprint density at radius 1 is 1.24 bits per heavy atom. The van der Waals surface area contributed by atoms with Crippen molar-refractivity contribution in [3.63, 3.8) is 0 Å². The summed E-state index contributed by atoms with van der Waals surface area (Å²) in [6.07, 6.45) is 4.43. The molecule has 1 N–H and O–H groups in total. The fourth-order valence-corrected chi connectivity index (χ4v) is 2.72. The van der Waals surface area contributed by atoms with Gasteiger partial charge in [-0.3, -0.25) is 4.90 Å². The molecule has 0 radical (unpaired) electrons. The highest BCUT2D eigenvalue weighted by atomic mass is 16.3. The number of hydrogen-bond donors (Lipinski definition) is 1. The standard InChI is InChI=1S/C18H24N2O/c1-14-16(10-11-21-14)13-20(2)18(12-19-17-8-9-17)15-6-4-3-5-7-15/h3-7,10-11,17-19H,8-9,12-13H2,1-2H3. The molecule has 3 rings (SSSR count). The molecular weight excluding hydrogens is 260 g/mol. The Bertz CT molecular complexity index is 560. The van der Waals surface area contributed by atoms with Gasteiger partial charge >= 0.3 is 0 Å². The summed E-state index contributed by atoms with van der Waals surface area (Å²) in [5, 5.41) is 3.67. The predicted molar refractivity (Wildman–Crippen MR) is 85.1 cm³/mol. The Balaban J connectivity index is 1.71. The molecule has 2 aromatic rings. The fourth-order valence-electron chi connectivity index (χ4n) is 2.72. The molecule has 1 aromatic heterocycles. The van der Waals surface area contributed by atoms with E-state index in [9.17, 15) is 0 Å². The molecule has 1 aliphatic rings. The van der Waals surface area contributed by atoms with Crippen molar-refractivity contribution < 1.29 is 4.42 Å². The molecule has 3 nitrogen and oxygen atoms in total. The van der Waals surface area contributed by atoms with Gasteiger partial charge in [0.25, 0.3) is 0 Å². The Morgan fingerprint density at radius 2 is 2.00 bits per heavy atom. The number of rotatable bonds is 7. The molecular formula is C18H24N2O. The molecule has 1 atom stereocenters. The summed E-state index contributed by atoms with van der Waals surface area (Å²) in [6.45, 7) is 3.94. The third kappa shape index (κ3) is 3.74. The highest BCUT2D eigenvalue weighted by Gasteiger charge is 2.24. The van der Waals surface area contributed by atoms with Crippen LogP contribution < -0.4 is 5.32 Å². The molecule has 1 fully saturated rings. The molecule has 1 saturated carbocycles. The SMILES string of the molecule is Cc1occc1CN(C)C(CNC1CC1)c1ccccc1. The first-order chi connectivity index (χ1) is 10.2. The second kappa shape index (κ2) is 6.46. The topological polar surface area (TPSA) is 28.4 Å². The second-order valence-electron chi connectivity index (χ2n) is 6.03. The van der Waals surface area contributed by atoms with E-state index in [1.807, 2.05) is 6.92 Å². The van der Waals surface area contributed by atoms with Crippen LogP contribution >= 0.6 is 0 Å². The van der Waals surface area contributed by atoms with Crippen LogP contribution in [0.5, 0.6) is 0 Å². The minimum absolute atomic E-state index is 0.390. The van der Waals surface area contributed by atoms with Gasteiger partial charge in [-0.15, -0.1) is 0 Å². The maximum Gasteiger partial charge on any atom is 0.105 e. The molecule has 112 valence electrons. The lowest BCUT2D eigenvalue weighted by Crippen LogP contribution is -2.34. The van der Waals surface area contributed by atoms with Crippen LogP contribution in [0.4, 0.5) is 0 Å². The number of furan rings is 1. The Labute approximate surface area is 127 Å². The third-order valence-corrected chi connectivity index (χ3v) is 4.28. The number of likely N-dealkylation sites (N-methyl/N-ethyl adjacent to an activating group) is 1. The Morgan fingerprint density at radius 3 is 2.62 bits per heavy atom. The molecule has 1 heterocycles. The Hall–Kier alpha value is -1.58. The highest BCUT2D eigenvalue weighted by molar-refractivity contribution is 5.21. The maximum absolute atomic E-state index is 5.42. The van der Waals surface area contributed by atoms with Gasteiger partial charge in [0, 0.05) is 30.7 Å². The summed E-state index contributed by atoms with van der Waals surface area (Å²) < 4.78 is 5.42. The van der Waals surface area contributed by atoms with Gasteiger partial charge in [-0.05, 0) is 38.4 Å². The summed E-state index contributed by atoms with van der Waals surface area (Å²) in [7, 11) is 2.19. The number of benzene rings is 1. The van der Waals surface area contributed by atoms with Crippen molar-refractivity contribution in [3.8, 4) is 0 Å². The summed E-state index contributed by atoms with van der Waals surface area (Å²) in [5.74, 6) is 1.02. The number of aryl methyl sites for hydroxylation is 1. The average Bonchev–Trinajstić information content (AvgIpc) is 3.24. The van der Waals surface area contributed by atoms with Crippen LogP contribution in [-0.4, -0.2) is 24.5 Å². The predicted octanol–water partition coefficient (Wildman–Crippen LogP) is 3.51. The van der Waals surface area contributed by atoms with E-state index in [1.165, 1.54) is 24.0 Å².